The van der Waals surface area contributed by atoms with E-state index in [1.165, 1.54) is 0 Å². The first kappa shape index (κ1) is 13.0. The lowest BCUT2D eigenvalue weighted by atomic mass is 9.93. The molecule has 0 fully saturated rings. The number of hydrogen-bond acceptors (Lipinski definition) is 3. The first-order valence-corrected chi connectivity index (χ1v) is 5.78. The number of primary amides is 1. The molecular formula is C11H16BrN3O. The standard InChI is InChI=1S/C11H16BrN3O/c1-7-4-9(14-5-8(7)12)15-6-11(2,3)10(13)16/h4-5H,6H2,1-3H3,(H2,13,16)(H,14,15). The van der Waals surface area contributed by atoms with Crippen LogP contribution >= 0.6 is 15.9 Å². The van der Waals surface area contributed by atoms with Crippen LogP contribution in [0.3, 0.4) is 0 Å². The maximum atomic E-state index is 11.1. The van der Waals surface area contributed by atoms with Gasteiger partial charge in [0.1, 0.15) is 5.82 Å². The number of hydrogen-bond donors (Lipinski definition) is 2. The Morgan fingerprint density at radius 2 is 2.25 bits per heavy atom. The van der Waals surface area contributed by atoms with Gasteiger partial charge in [-0.3, -0.25) is 4.79 Å². The fraction of sp³-hybridized carbons (Fsp3) is 0.455. The van der Waals surface area contributed by atoms with Crippen molar-refractivity contribution in [2.24, 2.45) is 11.1 Å². The van der Waals surface area contributed by atoms with Crippen molar-refractivity contribution in [1.82, 2.24) is 4.98 Å². The van der Waals surface area contributed by atoms with Crippen LogP contribution in [0, 0.1) is 12.3 Å². The van der Waals surface area contributed by atoms with Gasteiger partial charge in [-0.25, -0.2) is 4.98 Å². The molecule has 0 atom stereocenters. The lowest BCUT2D eigenvalue weighted by molar-refractivity contribution is -0.125. The summed E-state index contributed by atoms with van der Waals surface area (Å²) in [6.45, 7) is 6.05. The van der Waals surface area contributed by atoms with Crippen LogP contribution < -0.4 is 11.1 Å². The van der Waals surface area contributed by atoms with Crippen molar-refractivity contribution < 1.29 is 4.79 Å². The fourth-order valence-electron chi connectivity index (χ4n) is 1.03. The molecule has 0 bridgehead atoms. The molecule has 1 amide bonds. The van der Waals surface area contributed by atoms with Gasteiger partial charge in [0.15, 0.2) is 0 Å². The van der Waals surface area contributed by atoms with E-state index in [0.29, 0.717) is 6.54 Å². The number of nitrogens with zero attached hydrogens (tertiary/aromatic N) is 1. The van der Waals surface area contributed by atoms with Gasteiger partial charge in [-0.2, -0.15) is 0 Å². The number of anilines is 1. The highest BCUT2D eigenvalue weighted by Gasteiger charge is 2.24. The number of rotatable bonds is 4. The van der Waals surface area contributed by atoms with E-state index >= 15 is 0 Å². The van der Waals surface area contributed by atoms with E-state index in [0.717, 1.165) is 15.9 Å². The summed E-state index contributed by atoms with van der Waals surface area (Å²) in [5.41, 5.74) is 5.79. The number of aromatic nitrogens is 1. The lowest BCUT2D eigenvalue weighted by Crippen LogP contribution is -2.37. The normalized spacial score (nSPS) is 11.2. The van der Waals surface area contributed by atoms with Crippen LogP contribution in [0.2, 0.25) is 0 Å². The minimum atomic E-state index is -0.581. The molecule has 0 saturated heterocycles. The lowest BCUT2D eigenvalue weighted by Gasteiger charge is -2.21. The molecule has 4 nitrogen and oxygen atoms in total. The second-order valence-electron chi connectivity index (χ2n) is 4.42. The van der Waals surface area contributed by atoms with Gasteiger partial charge in [-0.05, 0) is 48.3 Å². The summed E-state index contributed by atoms with van der Waals surface area (Å²) in [6, 6.07) is 1.92. The summed E-state index contributed by atoms with van der Waals surface area (Å²) in [4.78, 5) is 15.3. The molecule has 5 heteroatoms. The number of nitrogens with two attached hydrogens (primary N) is 1. The monoisotopic (exact) mass is 285 g/mol. The Balaban J connectivity index is 2.68. The van der Waals surface area contributed by atoms with Gasteiger partial charge in [0.25, 0.3) is 0 Å². The highest BCUT2D eigenvalue weighted by atomic mass is 79.9. The predicted octanol–water partition coefficient (Wildman–Crippen LogP) is 2.08. The van der Waals surface area contributed by atoms with E-state index in [4.69, 9.17) is 5.73 Å². The van der Waals surface area contributed by atoms with Gasteiger partial charge in [0.05, 0.1) is 5.41 Å². The Kier molecular flexibility index (Phi) is 3.91. The van der Waals surface area contributed by atoms with Crippen LogP contribution in [0.25, 0.3) is 0 Å². The van der Waals surface area contributed by atoms with E-state index in [1.54, 1.807) is 20.0 Å². The molecule has 1 aromatic heterocycles. The molecular weight excluding hydrogens is 270 g/mol. The number of carbonyl (C=O) groups is 1. The molecule has 16 heavy (non-hydrogen) atoms. The molecule has 88 valence electrons. The first-order chi connectivity index (χ1) is 7.33. The number of aryl methyl sites for hydroxylation is 1. The fourth-order valence-corrected chi connectivity index (χ4v) is 1.25. The van der Waals surface area contributed by atoms with E-state index in [9.17, 15) is 4.79 Å². The number of pyridine rings is 1. The zero-order valence-electron chi connectivity index (χ0n) is 9.67. The predicted molar refractivity (Wildman–Crippen MR) is 68.1 cm³/mol. The molecule has 0 aliphatic carbocycles. The minimum absolute atomic E-state index is 0.325. The van der Waals surface area contributed by atoms with Crippen LogP contribution in [0.5, 0.6) is 0 Å². The van der Waals surface area contributed by atoms with Gasteiger partial charge in [0, 0.05) is 17.2 Å². The quantitative estimate of drug-likeness (QED) is 0.890. The third kappa shape index (κ3) is 3.20. The molecule has 0 spiro atoms. The zero-order valence-corrected chi connectivity index (χ0v) is 11.3. The number of nitrogens with one attached hydrogen (secondary N) is 1. The molecule has 1 rings (SSSR count). The average molecular weight is 286 g/mol. The summed E-state index contributed by atoms with van der Waals surface area (Å²) >= 11 is 3.38. The van der Waals surface area contributed by atoms with Gasteiger partial charge in [0.2, 0.25) is 5.91 Å². The molecule has 0 aromatic carbocycles. The topological polar surface area (TPSA) is 68.0 Å². The van der Waals surface area contributed by atoms with Crippen LogP contribution in [-0.2, 0) is 4.79 Å². The maximum Gasteiger partial charge on any atom is 0.224 e. The third-order valence-corrected chi connectivity index (χ3v) is 3.26. The van der Waals surface area contributed by atoms with Crippen LogP contribution in [-0.4, -0.2) is 17.4 Å². The number of amides is 1. The molecule has 0 aliphatic rings. The molecule has 0 radical (unpaired) electrons. The zero-order chi connectivity index (χ0) is 12.3. The van der Waals surface area contributed by atoms with E-state index in [-0.39, 0.29) is 5.91 Å². The molecule has 3 N–H and O–H groups in total. The molecule has 1 heterocycles. The summed E-state index contributed by atoms with van der Waals surface area (Å²) in [7, 11) is 0. The Morgan fingerprint density at radius 3 is 2.75 bits per heavy atom. The van der Waals surface area contributed by atoms with E-state index in [2.05, 4.69) is 26.2 Å². The van der Waals surface area contributed by atoms with Crippen molar-refractivity contribution in [1.29, 1.82) is 0 Å². The van der Waals surface area contributed by atoms with Crippen molar-refractivity contribution in [2.45, 2.75) is 20.8 Å². The van der Waals surface area contributed by atoms with Crippen molar-refractivity contribution in [3.8, 4) is 0 Å². The highest BCUT2D eigenvalue weighted by Crippen LogP contribution is 2.19. The van der Waals surface area contributed by atoms with Gasteiger partial charge in [-0.15, -0.1) is 0 Å². The summed E-state index contributed by atoms with van der Waals surface area (Å²) in [5, 5.41) is 3.10. The number of halogens is 1. The Bertz CT molecular complexity index is 404. The van der Waals surface area contributed by atoms with E-state index in [1.807, 2.05) is 13.0 Å². The Morgan fingerprint density at radius 1 is 1.62 bits per heavy atom. The Labute approximate surface area is 104 Å². The van der Waals surface area contributed by atoms with Gasteiger partial charge in [-0.1, -0.05) is 0 Å². The van der Waals surface area contributed by atoms with Gasteiger partial charge < -0.3 is 11.1 Å². The summed E-state index contributed by atoms with van der Waals surface area (Å²) < 4.78 is 0.965. The summed E-state index contributed by atoms with van der Waals surface area (Å²) in [6.07, 6.45) is 1.73. The minimum Gasteiger partial charge on any atom is -0.369 e. The van der Waals surface area contributed by atoms with Crippen LogP contribution in [0.1, 0.15) is 19.4 Å². The SMILES string of the molecule is Cc1cc(NCC(C)(C)C(N)=O)ncc1Br. The highest BCUT2D eigenvalue weighted by molar-refractivity contribution is 9.10. The van der Waals surface area contributed by atoms with Crippen molar-refractivity contribution in [3.05, 3.63) is 22.3 Å². The molecule has 0 saturated carbocycles. The van der Waals surface area contributed by atoms with Crippen molar-refractivity contribution >= 4 is 27.7 Å². The van der Waals surface area contributed by atoms with Crippen molar-refractivity contribution in [2.75, 3.05) is 11.9 Å². The average Bonchev–Trinajstić information content (AvgIpc) is 2.20. The Hall–Kier alpha value is -1.10. The molecule has 1 aromatic rings. The van der Waals surface area contributed by atoms with Crippen LogP contribution in [0.4, 0.5) is 5.82 Å². The maximum absolute atomic E-state index is 11.1. The van der Waals surface area contributed by atoms with Gasteiger partial charge >= 0.3 is 0 Å². The third-order valence-electron chi connectivity index (χ3n) is 2.43. The largest absolute Gasteiger partial charge is 0.369 e. The van der Waals surface area contributed by atoms with E-state index < -0.39 is 5.41 Å². The molecule has 0 aliphatic heterocycles. The van der Waals surface area contributed by atoms with Crippen molar-refractivity contribution in [3.63, 3.8) is 0 Å². The number of carbonyl (C=O) groups excluding carboxylic acids is 1. The smallest absolute Gasteiger partial charge is 0.224 e. The first-order valence-electron chi connectivity index (χ1n) is 4.99. The second kappa shape index (κ2) is 4.82. The van der Waals surface area contributed by atoms with Crippen LogP contribution in [0.15, 0.2) is 16.7 Å². The second-order valence-corrected chi connectivity index (χ2v) is 5.27. The summed E-state index contributed by atoms with van der Waals surface area (Å²) in [5.74, 6) is 0.420. The molecule has 0 unspecified atom stereocenters.